The summed E-state index contributed by atoms with van der Waals surface area (Å²) in [4.78, 5) is 11.8. The molecule has 1 heterocycles. The third kappa shape index (κ3) is 5.97. The molecule has 3 aromatic rings. The molecule has 0 saturated carbocycles. The van der Waals surface area contributed by atoms with Crippen molar-refractivity contribution in [1.29, 1.82) is 0 Å². The minimum atomic E-state index is -0.307. The number of hydrogen-bond donors (Lipinski definition) is 2. The summed E-state index contributed by atoms with van der Waals surface area (Å²) in [5.41, 5.74) is 1.84. The van der Waals surface area contributed by atoms with Crippen LogP contribution in [0.1, 0.15) is 18.2 Å². The first-order chi connectivity index (χ1) is 14.5. The highest BCUT2D eigenvalue weighted by molar-refractivity contribution is 5.46. The fraction of sp³-hybridized carbons (Fsp3) is 0.273. The second-order valence-corrected chi connectivity index (χ2v) is 6.47. The molecule has 0 unspecified atom stereocenters. The lowest BCUT2D eigenvalue weighted by Crippen LogP contribution is -2.15. The summed E-state index contributed by atoms with van der Waals surface area (Å²) < 4.78 is 29.9. The number of nitrogens with one attached hydrogen (secondary N) is 2. The molecular formula is C22H24FN3O4. The van der Waals surface area contributed by atoms with Gasteiger partial charge in [-0.3, -0.25) is 4.79 Å². The minimum Gasteiger partial charge on any atom is -0.490 e. The van der Waals surface area contributed by atoms with Crippen molar-refractivity contribution >= 4 is 5.69 Å². The van der Waals surface area contributed by atoms with Gasteiger partial charge in [-0.25, -0.2) is 9.49 Å². The van der Waals surface area contributed by atoms with Crippen molar-refractivity contribution in [2.75, 3.05) is 25.1 Å². The molecule has 0 spiro atoms. The highest BCUT2D eigenvalue weighted by atomic mass is 19.1. The lowest BCUT2D eigenvalue weighted by atomic mass is 10.2. The molecule has 0 aliphatic carbocycles. The molecule has 158 valence electrons. The number of benzene rings is 2. The molecule has 0 amide bonds. The Morgan fingerprint density at radius 1 is 1.00 bits per heavy atom. The van der Waals surface area contributed by atoms with Crippen molar-refractivity contribution in [3.8, 4) is 17.2 Å². The van der Waals surface area contributed by atoms with Gasteiger partial charge in [-0.2, -0.15) is 5.10 Å². The molecule has 0 saturated heterocycles. The highest BCUT2D eigenvalue weighted by Crippen LogP contribution is 2.29. The molecule has 0 aliphatic heterocycles. The van der Waals surface area contributed by atoms with Crippen molar-refractivity contribution < 1.29 is 18.6 Å². The number of aromatic amines is 1. The fourth-order valence-corrected chi connectivity index (χ4v) is 2.73. The Morgan fingerprint density at radius 3 is 2.53 bits per heavy atom. The van der Waals surface area contributed by atoms with Gasteiger partial charge in [0, 0.05) is 6.54 Å². The van der Waals surface area contributed by atoms with Crippen molar-refractivity contribution in [1.82, 2.24) is 10.2 Å². The first-order valence-electron chi connectivity index (χ1n) is 9.62. The van der Waals surface area contributed by atoms with Crippen molar-refractivity contribution in [2.45, 2.75) is 20.4 Å². The zero-order chi connectivity index (χ0) is 21.3. The van der Waals surface area contributed by atoms with Crippen LogP contribution in [0.4, 0.5) is 10.1 Å². The van der Waals surface area contributed by atoms with E-state index in [4.69, 9.17) is 14.2 Å². The molecule has 30 heavy (non-hydrogen) atoms. The molecule has 8 heteroatoms. The van der Waals surface area contributed by atoms with Gasteiger partial charge in [-0.05, 0) is 61.9 Å². The Hall–Kier alpha value is -3.55. The second kappa shape index (κ2) is 10.3. The molecule has 7 nitrogen and oxygen atoms in total. The third-order valence-corrected chi connectivity index (χ3v) is 4.15. The normalized spacial score (nSPS) is 10.5. The van der Waals surface area contributed by atoms with Gasteiger partial charge in [0.2, 0.25) is 0 Å². The predicted octanol–water partition coefficient (Wildman–Crippen LogP) is 3.69. The minimum absolute atomic E-state index is 0.272. The summed E-state index contributed by atoms with van der Waals surface area (Å²) >= 11 is 0. The van der Waals surface area contributed by atoms with Crippen LogP contribution in [-0.4, -0.2) is 30.0 Å². The maximum absolute atomic E-state index is 12.9. The monoisotopic (exact) mass is 413 g/mol. The number of anilines is 1. The Bertz CT molecular complexity index is 1020. The zero-order valence-corrected chi connectivity index (χ0v) is 16.9. The molecular weight excluding hydrogens is 389 g/mol. The summed E-state index contributed by atoms with van der Waals surface area (Å²) in [7, 11) is 0. The number of rotatable bonds is 10. The lowest BCUT2D eigenvalue weighted by molar-refractivity contribution is 0.208. The summed E-state index contributed by atoms with van der Waals surface area (Å²) in [6.45, 7) is 5.25. The number of hydrogen-bond acceptors (Lipinski definition) is 6. The number of ether oxygens (including phenoxy) is 3. The van der Waals surface area contributed by atoms with E-state index in [0.29, 0.717) is 49.3 Å². The van der Waals surface area contributed by atoms with Gasteiger partial charge in [0.15, 0.2) is 11.5 Å². The Morgan fingerprint density at radius 2 is 1.77 bits per heavy atom. The fourth-order valence-electron chi connectivity index (χ4n) is 2.73. The van der Waals surface area contributed by atoms with E-state index in [9.17, 15) is 9.18 Å². The Kier molecular flexibility index (Phi) is 7.26. The quantitative estimate of drug-likeness (QED) is 0.493. The van der Waals surface area contributed by atoms with Crippen LogP contribution in [0, 0.1) is 12.7 Å². The van der Waals surface area contributed by atoms with Gasteiger partial charge in [0.1, 0.15) is 30.5 Å². The first-order valence-corrected chi connectivity index (χ1v) is 9.62. The van der Waals surface area contributed by atoms with E-state index in [-0.39, 0.29) is 11.4 Å². The van der Waals surface area contributed by atoms with Crippen LogP contribution in [0.15, 0.2) is 53.3 Å². The molecule has 0 aliphatic rings. The van der Waals surface area contributed by atoms with Crippen LogP contribution >= 0.6 is 0 Å². The van der Waals surface area contributed by atoms with Crippen molar-refractivity contribution in [3.63, 3.8) is 0 Å². The van der Waals surface area contributed by atoms with E-state index >= 15 is 0 Å². The highest BCUT2D eigenvalue weighted by Gasteiger charge is 2.08. The van der Waals surface area contributed by atoms with Crippen LogP contribution in [0.3, 0.4) is 0 Å². The molecule has 2 aromatic carbocycles. The summed E-state index contributed by atoms with van der Waals surface area (Å²) in [5, 5.41) is 9.41. The topological polar surface area (TPSA) is 85.5 Å². The smallest absolute Gasteiger partial charge is 0.287 e. The van der Waals surface area contributed by atoms with E-state index in [1.54, 1.807) is 25.1 Å². The van der Waals surface area contributed by atoms with E-state index in [1.807, 2.05) is 25.1 Å². The summed E-state index contributed by atoms with van der Waals surface area (Å²) in [5.74, 6) is 1.48. The van der Waals surface area contributed by atoms with E-state index in [0.717, 1.165) is 11.3 Å². The number of aryl methyl sites for hydroxylation is 1. The average molecular weight is 413 g/mol. The molecule has 0 fully saturated rings. The Balaban J connectivity index is 1.57. The lowest BCUT2D eigenvalue weighted by Gasteiger charge is -2.14. The molecule has 0 atom stereocenters. The zero-order valence-electron chi connectivity index (χ0n) is 16.9. The van der Waals surface area contributed by atoms with Gasteiger partial charge >= 0.3 is 0 Å². The van der Waals surface area contributed by atoms with Crippen LogP contribution in [0.25, 0.3) is 0 Å². The average Bonchev–Trinajstić information content (AvgIpc) is 2.74. The first kappa shape index (κ1) is 21.2. The standard InChI is InChI=1S/C22H24FN3O4/c1-3-28-21-13-16(14-24-19-12-15(2)25-26-22(19)27)4-9-20(21)30-11-10-29-18-7-5-17(23)6-8-18/h4-9,12-13H,3,10-11,14H2,1-2H3,(H,24,25)(H,26,27). The van der Waals surface area contributed by atoms with Gasteiger partial charge in [0.05, 0.1) is 12.3 Å². The maximum atomic E-state index is 12.9. The number of halogens is 1. The molecule has 2 N–H and O–H groups in total. The van der Waals surface area contributed by atoms with E-state index < -0.39 is 0 Å². The van der Waals surface area contributed by atoms with Gasteiger partial charge in [0.25, 0.3) is 5.56 Å². The predicted molar refractivity (Wildman–Crippen MR) is 112 cm³/mol. The van der Waals surface area contributed by atoms with Crippen LogP contribution in [0.2, 0.25) is 0 Å². The SMILES string of the molecule is CCOc1cc(CNc2cc(C)n[nH]c2=O)ccc1OCCOc1ccc(F)cc1. The van der Waals surface area contributed by atoms with Crippen LogP contribution in [-0.2, 0) is 6.54 Å². The third-order valence-electron chi connectivity index (χ3n) is 4.15. The van der Waals surface area contributed by atoms with Crippen molar-refractivity contribution in [3.05, 3.63) is 76.0 Å². The van der Waals surface area contributed by atoms with Gasteiger partial charge < -0.3 is 19.5 Å². The van der Waals surface area contributed by atoms with E-state index in [1.165, 1.54) is 12.1 Å². The van der Waals surface area contributed by atoms with Gasteiger partial charge in [-0.15, -0.1) is 0 Å². The molecule has 3 rings (SSSR count). The molecule has 1 aromatic heterocycles. The second-order valence-electron chi connectivity index (χ2n) is 6.47. The van der Waals surface area contributed by atoms with Gasteiger partial charge in [-0.1, -0.05) is 6.07 Å². The largest absolute Gasteiger partial charge is 0.490 e. The Labute approximate surface area is 173 Å². The van der Waals surface area contributed by atoms with Crippen LogP contribution in [0.5, 0.6) is 17.2 Å². The van der Waals surface area contributed by atoms with Crippen LogP contribution < -0.4 is 25.1 Å². The number of H-pyrrole nitrogens is 1. The maximum Gasteiger partial charge on any atom is 0.287 e. The summed E-state index contributed by atoms with van der Waals surface area (Å²) in [6.07, 6.45) is 0. The molecule has 0 bridgehead atoms. The van der Waals surface area contributed by atoms with E-state index in [2.05, 4.69) is 15.5 Å². The molecule has 0 radical (unpaired) electrons. The number of aromatic nitrogens is 2. The summed E-state index contributed by atoms with van der Waals surface area (Å²) in [6, 6.07) is 13.1. The van der Waals surface area contributed by atoms with Crippen molar-refractivity contribution in [2.24, 2.45) is 0 Å². The number of nitrogens with zero attached hydrogens (tertiary/aromatic N) is 1.